The van der Waals surface area contributed by atoms with Crippen LogP contribution < -0.4 is 15.4 Å². The maximum absolute atomic E-state index is 9.74. The number of piperidine rings is 1. The van der Waals surface area contributed by atoms with Gasteiger partial charge in [0.15, 0.2) is 0 Å². The quantitative estimate of drug-likeness (QED) is 0.820. The van der Waals surface area contributed by atoms with Crippen LogP contribution in [-0.4, -0.2) is 45.4 Å². The third-order valence-corrected chi connectivity index (χ3v) is 3.10. The highest BCUT2D eigenvalue weighted by atomic mass is 16.5. The van der Waals surface area contributed by atoms with E-state index in [-0.39, 0.29) is 30.1 Å². The summed E-state index contributed by atoms with van der Waals surface area (Å²) in [5.41, 5.74) is 5.69. The molecule has 19 heavy (non-hydrogen) atoms. The average Bonchev–Trinajstić information content (AvgIpc) is 2.31. The van der Waals surface area contributed by atoms with E-state index in [1.54, 1.807) is 0 Å². The van der Waals surface area contributed by atoms with Crippen LogP contribution in [0.4, 0.5) is 11.9 Å². The van der Waals surface area contributed by atoms with Gasteiger partial charge in [-0.25, -0.2) is 0 Å². The van der Waals surface area contributed by atoms with E-state index in [0.29, 0.717) is 25.5 Å². The van der Waals surface area contributed by atoms with Crippen molar-refractivity contribution in [3.63, 3.8) is 0 Å². The Hall–Kier alpha value is -1.63. The van der Waals surface area contributed by atoms with Gasteiger partial charge in [0.05, 0.1) is 12.2 Å². The standard InChI is InChI=1S/C12H21N5O2/c1-7(2)19-12-15-10(13)14-11(16-12)17-5-4-9(18)8(3)6-17/h7-9,18H,4-6H2,1-3H3,(H2,13,14,15,16). The first-order chi connectivity index (χ1) is 8.95. The first-order valence-electron chi connectivity index (χ1n) is 6.57. The van der Waals surface area contributed by atoms with Crippen LogP contribution in [-0.2, 0) is 0 Å². The molecule has 2 rings (SSSR count). The molecule has 0 bridgehead atoms. The molecule has 1 fully saturated rings. The molecule has 7 nitrogen and oxygen atoms in total. The lowest BCUT2D eigenvalue weighted by Gasteiger charge is -2.34. The predicted molar refractivity (Wildman–Crippen MR) is 72.0 cm³/mol. The molecule has 0 saturated carbocycles. The van der Waals surface area contributed by atoms with Crippen LogP contribution in [0.5, 0.6) is 6.01 Å². The summed E-state index contributed by atoms with van der Waals surface area (Å²) in [6.45, 7) is 7.21. The lowest BCUT2D eigenvalue weighted by Crippen LogP contribution is -2.42. The van der Waals surface area contributed by atoms with E-state index in [2.05, 4.69) is 15.0 Å². The number of nitrogens with zero attached hydrogens (tertiary/aromatic N) is 4. The Bertz CT molecular complexity index is 440. The van der Waals surface area contributed by atoms with Crippen molar-refractivity contribution in [1.29, 1.82) is 0 Å². The van der Waals surface area contributed by atoms with E-state index < -0.39 is 0 Å². The average molecular weight is 267 g/mol. The molecule has 0 radical (unpaired) electrons. The molecule has 2 heterocycles. The maximum atomic E-state index is 9.74. The molecule has 1 aromatic rings. The van der Waals surface area contributed by atoms with Gasteiger partial charge in [0, 0.05) is 13.1 Å². The van der Waals surface area contributed by atoms with Crippen LogP contribution >= 0.6 is 0 Å². The number of aliphatic hydroxyl groups is 1. The largest absolute Gasteiger partial charge is 0.461 e. The fourth-order valence-electron chi connectivity index (χ4n) is 2.08. The number of aliphatic hydroxyl groups excluding tert-OH is 1. The summed E-state index contributed by atoms with van der Waals surface area (Å²) in [6.07, 6.45) is 0.422. The number of nitrogen functional groups attached to an aromatic ring is 1. The van der Waals surface area contributed by atoms with Crippen LogP contribution in [0.2, 0.25) is 0 Å². The molecule has 0 aromatic carbocycles. The Morgan fingerprint density at radius 1 is 1.37 bits per heavy atom. The normalized spacial score (nSPS) is 23.7. The van der Waals surface area contributed by atoms with Crippen LogP contribution in [0.3, 0.4) is 0 Å². The van der Waals surface area contributed by atoms with Gasteiger partial charge >= 0.3 is 6.01 Å². The molecule has 7 heteroatoms. The predicted octanol–water partition coefficient (Wildman–Crippen LogP) is 0.448. The Balaban J connectivity index is 2.17. The van der Waals surface area contributed by atoms with Gasteiger partial charge in [-0.2, -0.15) is 15.0 Å². The summed E-state index contributed by atoms with van der Waals surface area (Å²) in [5.74, 6) is 0.850. The smallest absolute Gasteiger partial charge is 0.323 e. The lowest BCUT2D eigenvalue weighted by atomic mass is 9.97. The minimum absolute atomic E-state index is 0.0169. The van der Waals surface area contributed by atoms with Gasteiger partial charge in [-0.3, -0.25) is 0 Å². The first-order valence-corrected chi connectivity index (χ1v) is 6.57. The molecule has 3 N–H and O–H groups in total. The molecular formula is C12H21N5O2. The molecule has 1 aliphatic heterocycles. The molecule has 0 amide bonds. The zero-order chi connectivity index (χ0) is 14.0. The van der Waals surface area contributed by atoms with Gasteiger partial charge in [0.25, 0.3) is 0 Å². The molecule has 1 saturated heterocycles. The number of aromatic nitrogens is 3. The van der Waals surface area contributed by atoms with Crippen LogP contribution in [0.15, 0.2) is 0 Å². The Morgan fingerprint density at radius 2 is 2.11 bits per heavy atom. The van der Waals surface area contributed by atoms with E-state index in [1.165, 1.54) is 0 Å². The fraction of sp³-hybridized carbons (Fsp3) is 0.750. The minimum Gasteiger partial charge on any atom is -0.461 e. The Kier molecular flexibility index (Phi) is 4.04. The molecule has 2 unspecified atom stereocenters. The number of hydrogen-bond acceptors (Lipinski definition) is 7. The van der Waals surface area contributed by atoms with Crippen molar-refractivity contribution >= 4 is 11.9 Å². The van der Waals surface area contributed by atoms with Crippen molar-refractivity contribution in [2.45, 2.75) is 39.4 Å². The maximum Gasteiger partial charge on any atom is 0.323 e. The topological polar surface area (TPSA) is 97.4 Å². The first kappa shape index (κ1) is 13.8. The second-order valence-corrected chi connectivity index (χ2v) is 5.22. The highest BCUT2D eigenvalue weighted by molar-refractivity contribution is 5.36. The molecule has 0 aliphatic carbocycles. The second-order valence-electron chi connectivity index (χ2n) is 5.22. The number of ether oxygens (including phenoxy) is 1. The van der Waals surface area contributed by atoms with Crippen molar-refractivity contribution in [2.24, 2.45) is 5.92 Å². The molecule has 106 valence electrons. The second kappa shape index (κ2) is 5.56. The van der Waals surface area contributed by atoms with Crippen LogP contribution in [0.1, 0.15) is 27.2 Å². The Morgan fingerprint density at radius 3 is 2.74 bits per heavy atom. The highest BCUT2D eigenvalue weighted by Crippen LogP contribution is 2.22. The lowest BCUT2D eigenvalue weighted by molar-refractivity contribution is 0.0966. The highest BCUT2D eigenvalue weighted by Gasteiger charge is 2.26. The Labute approximate surface area is 112 Å². The summed E-state index contributed by atoms with van der Waals surface area (Å²) in [5, 5.41) is 9.74. The van der Waals surface area contributed by atoms with Gasteiger partial charge in [0.2, 0.25) is 11.9 Å². The number of rotatable bonds is 3. The zero-order valence-electron chi connectivity index (χ0n) is 11.6. The summed E-state index contributed by atoms with van der Waals surface area (Å²) < 4.78 is 5.46. The monoisotopic (exact) mass is 267 g/mol. The summed E-state index contributed by atoms with van der Waals surface area (Å²) in [4.78, 5) is 14.4. The van der Waals surface area contributed by atoms with Crippen molar-refractivity contribution in [2.75, 3.05) is 23.7 Å². The van der Waals surface area contributed by atoms with E-state index in [1.807, 2.05) is 25.7 Å². The van der Waals surface area contributed by atoms with Gasteiger partial charge < -0.3 is 20.5 Å². The van der Waals surface area contributed by atoms with E-state index >= 15 is 0 Å². The minimum atomic E-state index is -0.262. The van der Waals surface area contributed by atoms with Crippen molar-refractivity contribution < 1.29 is 9.84 Å². The molecule has 2 atom stereocenters. The molecule has 1 aromatic heterocycles. The third-order valence-electron chi connectivity index (χ3n) is 3.10. The summed E-state index contributed by atoms with van der Waals surface area (Å²) in [7, 11) is 0. The molecule has 1 aliphatic rings. The van der Waals surface area contributed by atoms with Crippen molar-refractivity contribution in [1.82, 2.24) is 15.0 Å². The van der Waals surface area contributed by atoms with Crippen LogP contribution in [0.25, 0.3) is 0 Å². The summed E-state index contributed by atoms with van der Waals surface area (Å²) in [6, 6.07) is 0.247. The third kappa shape index (κ3) is 3.44. The fourth-order valence-corrected chi connectivity index (χ4v) is 2.08. The summed E-state index contributed by atoms with van der Waals surface area (Å²) >= 11 is 0. The molecule has 0 spiro atoms. The number of hydrogen-bond donors (Lipinski definition) is 2. The van der Waals surface area contributed by atoms with Crippen molar-refractivity contribution in [3.8, 4) is 6.01 Å². The SMILES string of the molecule is CC(C)Oc1nc(N)nc(N2CCC(O)C(C)C2)n1. The van der Waals surface area contributed by atoms with Crippen molar-refractivity contribution in [3.05, 3.63) is 0 Å². The van der Waals surface area contributed by atoms with E-state index in [4.69, 9.17) is 10.5 Å². The van der Waals surface area contributed by atoms with Gasteiger partial charge in [-0.05, 0) is 26.2 Å². The van der Waals surface area contributed by atoms with E-state index in [9.17, 15) is 5.11 Å². The van der Waals surface area contributed by atoms with Gasteiger partial charge in [-0.1, -0.05) is 6.92 Å². The van der Waals surface area contributed by atoms with Crippen LogP contribution in [0, 0.1) is 5.92 Å². The number of anilines is 2. The number of nitrogens with two attached hydrogens (primary N) is 1. The molecular weight excluding hydrogens is 246 g/mol. The van der Waals surface area contributed by atoms with Gasteiger partial charge in [0.1, 0.15) is 0 Å². The van der Waals surface area contributed by atoms with E-state index in [0.717, 1.165) is 0 Å². The zero-order valence-corrected chi connectivity index (χ0v) is 11.6. The van der Waals surface area contributed by atoms with Gasteiger partial charge in [-0.15, -0.1) is 0 Å².